The molecule has 1 amide bonds. The number of benzene rings is 1. The number of carbonyl (C=O) groups is 1. The van der Waals surface area contributed by atoms with Crippen molar-refractivity contribution < 1.29 is 13.7 Å². The quantitative estimate of drug-likeness (QED) is 0.268. The molecule has 0 saturated carbocycles. The van der Waals surface area contributed by atoms with Gasteiger partial charge in [0, 0.05) is 26.4 Å². The van der Waals surface area contributed by atoms with Gasteiger partial charge in [0.25, 0.3) is 5.56 Å². The zero-order valence-corrected chi connectivity index (χ0v) is 21.5. The predicted molar refractivity (Wildman–Crippen MR) is 138 cm³/mol. The van der Waals surface area contributed by atoms with Crippen molar-refractivity contribution in [1.82, 2.24) is 19.4 Å². The molecule has 2 aromatic rings. The van der Waals surface area contributed by atoms with Gasteiger partial charge in [-0.15, -0.1) is 0 Å². The van der Waals surface area contributed by atoms with Gasteiger partial charge in [0.15, 0.2) is 12.2 Å². The van der Waals surface area contributed by atoms with Crippen molar-refractivity contribution >= 4 is 28.5 Å². The molecule has 1 saturated heterocycles. The molecule has 0 spiro atoms. The summed E-state index contributed by atoms with van der Waals surface area (Å²) in [6.45, 7) is 3.90. The summed E-state index contributed by atoms with van der Waals surface area (Å²) in [7, 11) is -0.185. The van der Waals surface area contributed by atoms with E-state index in [1.807, 2.05) is 30.3 Å². The monoisotopic (exact) mass is 519 g/mol. The first-order chi connectivity index (χ1) is 17.1. The first kappa shape index (κ1) is 27.1. The number of carbonyl (C=O) groups excluding carboxylic acids is 1. The Morgan fingerprint density at radius 3 is 2.64 bits per heavy atom. The van der Waals surface area contributed by atoms with E-state index in [0.717, 1.165) is 14.7 Å². The third-order valence-electron chi connectivity index (χ3n) is 5.98. The van der Waals surface area contributed by atoms with Crippen LogP contribution in [0.25, 0.3) is 0 Å². The fourth-order valence-corrected chi connectivity index (χ4v) is 5.28. The molecule has 13 heteroatoms. The van der Waals surface area contributed by atoms with Gasteiger partial charge in [-0.25, -0.2) is 13.6 Å². The number of nitrogens with zero attached hydrogens (tertiary/aromatic N) is 3. The highest BCUT2D eigenvalue weighted by atomic mass is 32.2. The molecule has 12 nitrogen and oxygen atoms in total. The van der Waals surface area contributed by atoms with E-state index in [4.69, 9.17) is 15.9 Å². The summed E-state index contributed by atoms with van der Waals surface area (Å²) < 4.78 is 23.0. The van der Waals surface area contributed by atoms with Gasteiger partial charge < -0.3 is 25.3 Å². The van der Waals surface area contributed by atoms with Gasteiger partial charge in [-0.05, 0) is 32.3 Å². The zero-order valence-electron chi connectivity index (χ0n) is 20.7. The number of aryl methyl sites for hydroxylation is 1. The molecule has 1 fully saturated rings. The van der Waals surface area contributed by atoms with Crippen molar-refractivity contribution in [3.63, 3.8) is 0 Å². The van der Waals surface area contributed by atoms with E-state index < -0.39 is 46.5 Å². The van der Waals surface area contributed by atoms with Crippen LogP contribution < -0.4 is 27.0 Å². The molecule has 1 aliphatic rings. The lowest BCUT2D eigenvalue weighted by molar-refractivity contribution is -0.134. The Bertz CT molecular complexity index is 1250. The van der Waals surface area contributed by atoms with Crippen LogP contribution in [0.1, 0.15) is 32.3 Å². The van der Waals surface area contributed by atoms with Crippen LogP contribution in [0.2, 0.25) is 0 Å². The molecule has 0 radical (unpaired) electrons. The minimum absolute atomic E-state index is 0.0574. The van der Waals surface area contributed by atoms with Crippen LogP contribution in [0, 0.1) is 5.41 Å². The Hall–Kier alpha value is -3.45. The number of amides is 1. The lowest BCUT2D eigenvalue weighted by Crippen LogP contribution is -2.67. The third-order valence-corrected chi connectivity index (χ3v) is 7.02. The standard InChI is InChI=1S/C23H33N7O5S/c1-4-35-20-23(2,11-8-12-29(20)21(24)25)26-18(31)14-30-19(32)17(13-28(3)22(30)33)27-36(34)15-16-9-6-5-7-10-16/h5-7,9-10,13,20,27H,4,8,11-12,14-15H2,1-3H3,(H3,24,25)(H,26,31). The molecule has 0 bridgehead atoms. The van der Waals surface area contributed by atoms with Gasteiger partial charge in [-0.1, -0.05) is 30.3 Å². The Labute approximate surface area is 211 Å². The van der Waals surface area contributed by atoms with Gasteiger partial charge >= 0.3 is 5.69 Å². The number of aromatic nitrogens is 2. The molecule has 196 valence electrons. The number of nitrogens with two attached hydrogens (primary N) is 1. The molecule has 2 heterocycles. The van der Waals surface area contributed by atoms with E-state index in [1.165, 1.54) is 13.2 Å². The van der Waals surface area contributed by atoms with E-state index >= 15 is 0 Å². The number of guanidine groups is 1. The van der Waals surface area contributed by atoms with Crippen LogP contribution in [-0.2, 0) is 39.9 Å². The molecule has 5 N–H and O–H groups in total. The molecule has 1 aromatic heterocycles. The van der Waals surface area contributed by atoms with Crippen molar-refractivity contribution in [2.45, 2.75) is 50.8 Å². The van der Waals surface area contributed by atoms with Crippen LogP contribution in [0.4, 0.5) is 5.69 Å². The SMILES string of the molecule is CCOC1N(C(=N)N)CCCC1(C)NC(=O)Cn1c(=O)c(NS(=O)Cc2ccccc2)cn(C)c1=O. The van der Waals surface area contributed by atoms with E-state index in [0.29, 0.717) is 26.0 Å². The van der Waals surface area contributed by atoms with Crippen LogP contribution >= 0.6 is 0 Å². The minimum Gasteiger partial charge on any atom is -0.370 e. The Morgan fingerprint density at radius 2 is 2.00 bits per heavy atom. The summed E-state index contributed by atoms with van der Waals surface area (Å²) in [6, 6.07) is 9.12. The second-order valence-corrected chi connectivity index (χ2v) is 10.0. The number of rotatable bonds is 9. The van der Waals surface area contributed by atoms with Gasteiger partial charge in [-0.3, -0.25) is 19.7 Å². The van der Waals surface area contributed by atoms with Gasteiger partial charge in [0.1, 0.15) is 23.2 Å². The summed E-state index contributed by atoms with van der Waals surface area (Å²) in [4.78, 5) is 40.4. The first-order valence-corrected chi connectivity index (χ1v) is 12.9. The van der Waals surface area contributed by atoms with Crippen LogP contribution in [-0.4, -0.2) is 55.0 Å². The fraction of sp³-hybridized carbons (Fsp3) is 0.478. The van der Waals surface area contributed by atoms with E-state index in [1.54, 1.807) is 18.7 Å². The molecule has 36 heavy (non-hydrogen) atoms. The smallest absolute Gasteiger partial charge is 0.331 e. The summed E-state index contributed by atoms with van der Waals surface area (Å²) in [6.07, 6.45) is 1.81. The van der Waals surface area contributed by atoms with Gasteiger partial charge in [0.2, 0.25) is 5.91 Å². The van der Waals surface area contributed by atoms with Crippen molar-refractivity contribution in [3.05, 3.63) is 62.9 Å². The second kappa shape index (κ2) is 11.5. The summed E-state index contributed by atoms with van der Waals surface area (Å²) in [5.41, 5.74) is 4.14. The minimum atomic E-state index is -1.63. The van der Waals surface area contributed by atoms with Crippen LogP contribution in [0.3, 0.4) is 0 Å². The average molecular weight is 520 g/mol. The maximum absolute atomic E-state index is 13.0. The maximum Gasteiger partial charge on any atom is 0.331 e. The number of piperidine rings is 1. The van der Waals surface area contributed by atoms with E-state index in [-0.39, 0.29) is 17.4 Å². The second-order valence-electron chi connectivity index (χ2n) is 8.86. The fourth-order valence-electron chi connectivity index (χ4n) is 4.33. The zero-order chi connectivity index (χ0) is 26.5. The Balaban J connectivity index is 1.80. The van der Waals surface area contributed by atoms with Crippen molar-refractivity contribution in [2.24, 2.45) is 12.8 Å². The normalized spacial score (nSPS) is 20.5. The van der Waals surface area contributed by atoms with Gasteiger partial charge in [-0.2, -0.15) is 0 Å². The van der Waals surface area contributed by atoms with Crippen molar-refractivity contribution in [2.75, 3.05) is 17.9 Å². The summed E-state index contributed by atoms with van der Waals surface area (Å²) >= 11 is 0. The highest BCUT2D eigenvalue weighted by Crippen LogP contribution is 2.28. The average Bonchev–Trinajstić information content (AvgIpc) is 2.82. The first-order valence-electron chi connectivity index (χ1n) is 11.6. The highest BCUT2D eigenvalue weighted by molar-refractivity contribution is 7.85. The Kier molecular flexibility index (Phi) is 8.69. The van der Waals surface area contributed by atoms with Crippen molar-refractivity contribution in [1.29, 1.82) is 5.41 Å². The van der Waals surface area contributed by atoms with Gasteiger partial charge in [0.05, 0.1) is 11.3 Å². The number of hydrogen-bond donors (Lipinski definition) is 4. The van der Waals surface area contributed by atoms with Crippen LogP contribution in [0.15, 0.2) is 46.1 Å². The number of ether oxygens (including phenoxy) is 1. The number of anilines is 1. The largest absolute Gasteiger partial charge is 0.370 e. The lowest BCUT2D eigenvalue weighted by Gasteiger charge is -2.48. The van der Waals surface area contributed by atoms with E-state index in [9.17, 15) is 18.6 Å². The Morgan fingerprint density at radius 1 is 1.31 bits per heavy atom. The maximum atomic E-state index is 13.0. The number of likely N-dealkylation sites (tertiary alicyclic amines) is 1. The third kappa shape index (κ3) is 6.21. The van der Waals surface area contributed by atoms with Crippen molar-refractivity contribution in [3.8, 4) is 0 Å². The highest BCUT2D eigenvalue weighted by Gasteiger charge is 2.43. The summed E-state index contributed by atoms with van der Waals surface area (Å²) in [5.74, 6) is -0.580. The van der Waals surface area contributed by atoms with Crippen LogP contribution in [0.5, 0.6) is 0 Å². The number of hydrogen-bond acceptors (Lipinski definition) is 6. The number of nitrogens with one attached hydrogen (secondary N) is 3. The topological polar surface area (TPSA) is 165 Å². The molecular weight excluding hydrogens is 486 g/mol. The lowest BCUT2D eigenvalue weighted by atomic mass is 9.88. The van der Waals surface area contributed by atoms with E-state index in [2.05, 4.69) is 10.0 Å². The summed E-state index contributed by atoms with van der Waals surface area (Å²) in [5, 5.41) is 10.7. The molecule has 0 aliphatic carbocycles. The molecule has 1 aromatic carbocycles. The molecular formula is C23H33N7O5S. The molecule has 1 aliphatic heterocycles. The predicted octanol–water partition coefficient (Wildman–Crippen LogP) is 0.0496. The molecule has 3 rings (SSSR count). The molecule has 3 atom stereocenters. The molecule has 3 unspecified atom stereocenters.